The molecule has 5 nitrogen and oxygen atoms in total. The normalized spacial score (nSPS) is 16.1. The first-order valence-electron chi connectivity index (χ1n) is 6.09. The smallest absolute Gasteiger partial charge is 0.274 e. The molecule has 2 N–H and O–H groups in total. The van der Waals surface area contributed by atoms with E-state index >= 15 is 0 Å². The highest BCUT2D eigenvalue weighted by molar-refractivity contribution is 7.99. The van der Waals surface area contributed by atoms with Crippen LogP contribution in [0.15, 0.2) is 6.20 Å². The molecule has 2 heterocycles. The number of carbonyl (C=O) groups excluding carboxylic acids is 1. The van der Waals surface area contributed by atoms with E-state index in [2.05, 4.69) is 9.97 Å². The number of anilines is 1. The van der Waals surface area contributed by atoms with Crippen LogP contribution in [0.2, 0.25) is 0 Å². The number of carbonyl (C=O) groups is 1. The third-order valence-electron chi connectivity index (χ3n) is 2.85. The van der Waals surface area contributed by atoms with Gasteiger partial charge < -0.3 is 10.6 Å². The van der Waals surface area contributed by atoms with Gasteiger partial charge in [-0.25, -0.2) is 9.97 Å². The van der Waals surface area contributed by atoms with Crippen molar-refractivity contribution in [2.24, 2.45) is 0 Å². The van der Waals surface area contributed by atoms with Crippen molar-refractivity contribution >= 4 is 23.4 Å². The standard InChI is InChI=1S/C12H18N4OS/c1-8(2)11-14-7-9(13)10(15-11)12(17)16-3-5-18-6-4-16/h7-8H,3-6,13H2,1-2H3. The number of hydrogen-bond donors (Lipinski definition) is 1. The van der Waals surface area contributed by atoms with Gasteiger partial charge in [-0.15, -0.1) is 0 Å². The van der Waals surface area contributed by atoms with E-state index in [4.69, 9.17) is 5.73 Å². The molecule has 1 aliphatic rings. The summed E-state index contributed by atoms with van der Waals surface area (Å²) in [6.45, 7) is 5.53. The molecule has 1 amide bonds. The molecule has 0 bridgehead atoms. The van der Waals surface area contributed by atoms with Crippen LogP contribution in [0.3, 0.4) is 0 Å². The van der Waals surface area contributed by atoms with Crippen LogP contribution in [0.5, 0.6) is 0 Å². The van der Waals surface area contributed by atoms with Crippen molar-refractivity contribution in [3.63, 3.8) is 0 Å². The number of rotatable bonds is 2. The summed E-state index contributed by atoms with van der Waals surface area (Å²) in [5.74, 6) is 2.74. The van der Waals surface area contributed by atoms with E-state index in [9.17, 15) is 4.79 Å². The Balaban J connectivity index is 2.25. The molecule has 1 aromatic rings. The average molecular weight is 266 g/mol. The topological polar surface area (TPSA) is 72.1 Å². The number of aromatic nitrogens is 2. The van der Waals surface area contributed by atoms with Crippen molar-refractivity contribution in [3.8, 4) is 0 Å². The van der Waals surface area contributed by atoms with Crippen LogP contribution in [0.25, 0.3) is 0 Å². The van der Waals surface area contributed by atoms with Crippen molar-refractivity contribution < 1.29 is 4.79 Å². The molecule has 1 saturated heterocycles. The minimum Gasteiger partial charge on any atom is -0.396 e. The molecule has 98 valence electrons. The summed E-state index contributed by atoms with van der Waals surface area (Å²) >= 11 is 1.87. The Morgan fingerprint density at radius 2 is 2.11 bits per heavy atom. The van der Waals surface area contributed by atoms with Crippen molar-refractivity contribution in [2.45, 2.75) is 19.8 Å². The van der Waals surface area contributed by atoms with E-state index in [-0.39, 0.29) is 11.8 Å². The Hall–Kier alpha value is -1.30. The summed E-state index contributed by atoms with van der Waals surface area (Å²) in [4.78, 5) is 22.6. The number of nitrogens with two attached hydrogens (primary N) is 1. The van der Waals surface area contributed by atoms with E-state index in [0.717, 1.165) is 24.6 Å². The second kappa shape index (κ2) is 5.56. The van der Waals surface area contributed by atoms with Gasteiger partial charge in [-0.3, -0.25) is 4.79 Å². The largest absolute Gasteiger partial charge is 0.396 e. The second-order valence-corrected chi connectivity index (χ2v) is 5.82. The van der Waals surface area contributed by atoms with Crippen molar-refractivity contribution in [1.82, 2.24) is 14.9 Å². The number of amides is 1. The second-order valence-electron chi connectivity index (χ2n) is 4.59. The van der Waals surface area contributed by atoms with Gasteiger partial charge in [0.1, 0.15) is 5.82 Å². The van der Waals surface area contributed by atoms with E-state index in [1.165, 1.54) is 6.20 Å². The highest BCUT2D eigenvalue weighted by Crippen LogP contribution is 2.17. The summed E-state index contributed by atoms with van der Waals surface area (Å²) in [5, 5.41) is 0. The molecule has 2 rings (SSSR count). The van der Waals surface area contributed by atoms with Gasteiger partial charge >= 0.3 is 0 Å². The third-order valence-corrected chi connectivity index (χ3v) is 3.80. The monoisotopic (exact) mass is 266 g/mol. The van der Waals surface area contributed by atoms with Gasteiger partial charge in [-0.1, -0.05) is 13.8 Å². The van der Waals surface area contributed by atoms with Gasteiger partial charge in [0.25, 0.3) is 5.91 Å². The molecular weight excluding hydrogens is 248 g/mol. The quantitative estimate of drug-likeness (QED) is 0.875. The van der Waals surface area contributed by atoms with Crippen LogP contribution < -0.4 is 5.73 Å². The Morgan fingerprint density at radius 3 is 2.72 bits per heavy atom. The number of thioether (sulfide) groups is 1. The van der Waals surface area contributed by atoms with Gasteiger partial charge in [-0.2, -0.15) is 11.8 Å². The van der Waals surface area contributed by atoms with Crippen molar-refractivity contribution in [1.29, 1.82) is 0 Å². The van der Waals surface area contributed by atoms with Gasteiger partial charge in [0.2, 0.25) is 0 Å². The highest BCUT2D eigenvalue weighted by atomic mass is 32.2. The van der Waals surface area contributed by atoms with E-state index in [1.54, 1.807) is 0 Å². The lowest BCUT2D eigenvalue weighted by molar-refractivity contribution is 0.0767. The lowest BCUT2D eigenvalue weighted by atomic mass is 10.2. The van der Waals surface area contributed by atoms with Crippen LogP contribution in [-0.4, -0.2) is 45.4 Å². The fourth-order valence-corrected chi connectivity index (χ4v) is 2.67. The van der Waals surface area contributed by atoms with Gasteiger partial charge in [0, 0.05) is 30.5 Å². The van der Waals surface area contributed by atoms with Crippen molar-refractivity contribution in [3.05, 3.63) is 17.7 Å². The van der Waals surface area contributed by atoms with E-state index in [0.29, 0.717) is 17.2 Å². The molecule has 0 aliphatic carbocycles. The zero-order valence-electron chi connectivity index (χ0n) is 10.7. The number of nitrogen functional groups attached to an aromatic ring is 1. The Morgan fingerprint density at radius 1 is 1.44 bits per heavy atom. The van der Waals surface area contributed by atoms with Crippen LogP contribution >= 0.6 is 11.8 Å². The molecule has 1 fully saturated rings. The summed E-state index contributed by atoms with van der Waals surface area (Å²) in [5.41, 5.74) is 6.53. The maximum atomic E-state index is 12.3. The predicted octanol–water partition coefficient (Wildman–Crippen LogP) is 1.37. The Kier molecular flexibility index (Phi) is 4.06. The molecule has 0 spiro atoms. The summed E-state index contributed by atoms with van der Waals surface area (Å²) in [7, 11) is 0. The minimum atomic E-state index is -0.0721. The van der Waals surface area contributed by atoms with Gasteiger partial charge in [-0.05, 0) is 0 Å². The molecule has 1 aliphatic heterocycles. The van der Waals surface area contributed by atoms with Crippen LogP contribution in [0, 0.1) is 0 Å². The average Bonchev–Trinajstić information content (AvgIpc) is 2.39. The molecule has 6 heteroatoms. The van der Waals surface area contributed by atoms with E-state index in [1.807, 2.05) is 30.5 Å². The zero-order chi connectivity index (χ0) is 13.1. The number of nitrogens with zero attached hydrogens (tertiary/aromatic N) is 3. The summed E-state index contributed by atoms with van der Waals surface area (Å²) in [6.07, 6.45) is 1.54. The first-order chi connectivity index (χ1) is 8.59. The fraction of sp³-hybridized carbons (Fsp3) is 0.583. The lowest BCUT2D eigenvalue weighted by Crippen LogP contribution is -2.38. The summed E-state index contributed by atoms with van der Waals surface area (Å²) in [6, 6.07) is 0. The first kappa shape index (κ1) is 13.1. The van der Waals surface area contributed by atoms with E-state index < -0.39 is 0 Å². The minimum absolute atomic E-state index is 0.0721. The molecular formula is C12H18N4OS. The number of hydrogen-bond acceptors (Lipinski definition) is 5. The fourth-order valence-electron chi connectivity index (χ4n) is 1.77. The summed E-state index contributed by atoms with van der Waals surface area (Å²) < 4.78 is 0. The maximum Gasteiger partial charge on any atom is 0.274 e. The van der Waals surface area contributed by atoms with Crippen LogP contribution in [0.4, 0.5) is 5.69 Å². The first-order valence-corrected chi connectivity index (χ1v) is 7.24. The molecule has 0 aromatic carbocycles. The molecule has 0 radical (unpaired) electrons. The van der Waals surface area contributed by atoms with Gasteiger partial charge in [0.15, 0.2) is 5.69 Å². The Labute approximate surface area is 111 Å². The zero-order valence-corrected chi connectivity index (χ0v) is 11.5. The van der Waals surface area contributed by atoms with Crippen molar-refractivity contribution in [2.75, 3.05) is 30.3 Å². The molecule has 0 atom stereocenters. The maximum absolute atomic E-state index is 12.3. The van der Waals surface area contributed by atoms with Crippen LogP contribution in [0.1, 0.15) is 36.1 Å². The Bertz CT molecular complexity index is 444. The van der Waals surface area contributed by atoms with Gasteiger partial charge in [0.05, 0.1) is 11.9 Å². The van der Waals surface area contributed by atoms with Crippen LogP contribution in [-0.2, 0) is 0 Å². The lowest BCUT2D eigenvalue weighted by Gasteiger charge is -2.26. The third kappa shape index (κ3) is 2.75. The highest BCUT2D eigenvalue weighted by Gasteiger charge is 2.22. The molecule has 1 aromatic heterocycles. The predicted molar refractivity (Wildman–Crippen MR) is 73.8 cm³/mol. The molecule has 18 heavy (non-hydrogen) atoms. The SMILES string of the molecule is CC(C)c1ncc(N)c(C(=O)N2CCSCC2)n1. The molecule has 0 saturated carbocycles. The molecule has 0 unspecified atom stereocenters.